The van der Waals surface area contributed by atoms with Gasteiger partial charge in [0.2, 0.25) is 5.91 Å². The van der Waals surface area contributed by atoms with Gasteiger partial charge in [0, 0.05) is 23.0 Å². The zero-order chi connectivity index (χ0) is 16.0. The van der Waals surface area contributed by atoms with Crippen LogP contribution in [0.25, 0.3) is 0 Å². The Morgan fingerprint density at radius 3 is 2.52 bits per heavy atom. The molecule has 21 heavy (non-hydrogen) atoms. The third-order valence-corrected chi connectivity index (χ3v) is 3.05. The molecule has 0 aliphatic heterocycles. The lowest BCUT2D eigenvalue weighted by molar-refractivity contribution is -0.122. The molecular formula is C15H21BrN2O3. The Hall–Kier alpha value is -1.56. The maximum Gasteiger partial charge on any atom is 0.255 e. The molecule has 116 valence electrons. The summed E-state index contributed by atoms with van der Waals surface area (Å²) >= 11 is 3.32. The SMILES string of the molecule is COc1cc(Br)ccc1C(=O)NCCC(=O)NC(C)(C)C. The van der Waals surface area contributed by atoms with E-state index >= 15 is 0 Å². The summed E-state index contributed by atoms with van der Waals surface area (Å²) in [6.07, 6.45) is 0.238. The maximum absolute atomic E-state index is 12.1. The first-order valence-electron chi connectivity index (χ1n) is 6.65. The minimum absolute atomic E-state index is 0.0921. The van der Waals surface area contributed by atoms with Crippen LogP contribution in [-0.4, -0.2) is 31.0 Å². The predicted octanol–water partition coefficient (Wildman–Crippen LogP) is 2.49. The average Bonchev–Trinajstić information content (AvgIpc) is 2.36. The molecule has 0 fully saturated rings. The molecule has 0 aliphatic carbocycles. The van der Waals surface area contributed by atoms with Crippen molar-refractivity contribution in [2.75, 3.05) is 13.7 Å². The molecule has 0 aromatic heterocycles. The second-order valence-corrected chi connectivity index (χ2v) is 6.56. The lowest BCUT2D eigenvalue weighted by Crippen LogP contribution is -2.42. The number of hydrogen-bond donors (Lipinski definition) is 2. The zero-order valence-electron chi connectivity index (χ0n) is 12.7. The van der Waals surface area contributed by atoms with E-state index < -0.39 is 0 Å². The van der Waals surface area contributed by atoms with Gasteiger partial charge in [0.15, 0.2) is 0 Å². The number of ether oxygens (including phenoxy) is 1. The smallest absolute Gasteiger partial charge is 0.255 e. The summed E-state index contributed by atoms with van der Waals surface area (Å²) in [6.45, 7) is 6.02. The van der Waals surface area contributed by atoms with Crippen molar-refractivity contribution in [2.45, 2.75) is 32.7 Å². The van der Waals surface area contributed by atoms with Gasteiger partial charge in [0.1, 0.15) is 5.75 Å². The van der Waals surface area contributed by atoms with Crippen molar-refractivity contribution in [1.29, 1.82) is 0 Å². The molecule has 0 saturated heterocycles. The van der Waals surface area contributed by atoms with Crippen molar-refractivity contribution in [3.63, 3.8) is 0 Å². The molecule has 0 atom stereocenters. The molecule has 0 radical (unpaired) electrons. The van der Waals surface area contributed by atoms with Crippen LogP contribution in [-0.2, 0) is 4.79 Å². The van der Waals surface area contributed by atoms with Crippen LogP contribution in [0.5, 0.6) is 5.75 Å². The van der Waals surface area contributed by atoms with E-state index in [9.17, 15) is 9.59 Å². The number of carbonyl (C=O) groups excluding carboxylic acids is 2. The molecule has 5 nitrogen and oxygen atoms in total. The fourth-order valence-electron chi connectivity index (χ4n) is 1.72. The van der Waals surface area contributed by atoms with Crippen LogP contribution in [0.4, 0.5) is 0 Å². The Balaban J connectivity index is 2.53. The van der Waals surface area contributed by atoms with Crippen molar-refractivity contribution < 1.29 is 14.3 Å². The number of nitrogens with one attached hydrogen (secondary N) is 2. The highest BCUT2D eigenvalue weighted by Gasteiger charge is 2.15. The number of benzene rings is 1. The normalized spacial score (nSPS) is 10.9. The Morgan fingerprint density at radius 2 is 1.95 bits per heavy atom. The second-order valence-electron chi connectivity index (χ2n) is 5.65. The van der Waals surface area contributed by atoms with E-state index in [-0.39, 0.29) is 30.3 Å². The molecule has 0 heterocycles. The first-order chi connectivity index (χ1) is 9.73. The number of methoxy groups -OCH3 is 1. The van der Waals surface area contributed by atoms with Gasteiger partial charge >= 0.3 is 0 Å². The van der Waals surface area contributed by atoms with Crippen LogP contribution in [0.3, 0.4) is 0 Å². The lowest BCUT2D eigenvalue weighted by atomic mass is 10.1. The quantitative estimate of drug-likeness (QED) is 0.851. The highest BCUT2D eigenvalue weighted by atomic mass is 79.9. The molecule has 6 heteroatoms. The second kappa shape index (κ2) is 7.45. The molecule has 0 aliphatic rings. The summed E-state index contributed by atoms with van der Waals surface area (Å²) in [5.74, 6) is 0.134. The molecule has 0 saturated carbocycles. The van der Waals surface area contributed by atoms with E-state index in [4.69, 9.17) is 4.74 Å². The van der Waals surface area contributed by atoms with Gasteiger partial charge in [0.25, 0.3) is 5.91 Å². The summed E-state index contributed by atoms with van der Waals surface area (Å²) in [6, 6.07) is 5.17. The highest BCUT2D eigenvalue weighted by Crippen LogP contribution is 2.23. The van der Waals surface area contributed by atoms with E-state index in [2.05, 4.69) is 26.6 Å². The molecule has 1 aromatic rings. The minimum atomic E-state index is -0.268. The number of carbonyl (C=O) groups is 2. The molecule has 2 N–H and O–H groups in total. The number of halogens is 1. The van der Waals surface area contributed by atoms with Gasteiger partial charge in [0.05, 0.1) is 12.7 Å². The van der Waals surface area contributed by atoms with Crippen molar-refractivity contribution in [2.24, 2.45) is 0 Å². The van der Waals surface area contributed by atoms with E-state index in [1.165, 1.54) is 7.11 Å². The van der Waals surface area contributed by atoms with Crippen molar-refractivity contribution in [1.82, 2.24) is 10.6 Å². The third kappa shape index (κ3) is 6.16. The maximum atomic E-state index is 12.1. The standard InChI is InChI=1S/C15H21BrN2O3/c1-15(2,3)18-13(19)7-8-17-14(20)11-6-5-10(16)9-12(11)21-4/h5-6,9H,7-8H2,1-4H3,(H,17,20)(H,18,19). The fourth-order valence-corrected chi connectivity index (χ4v) is 2.06. The van der Waals surface area contributed by atoms with Crippen LogP contribution >= 0.6 is 15.9 Å². The van der Waals surface area contributed by atoms with Gasteiger partial charge in [-0.05, 0) is 39.0 Å². The summed E-state index contributed by atoms with van der Waals surface area (Å²) in [4.78, 5) is 23.7. The molecule has 1 aromatic carbocycles. The summed E-state index contributed by atoms with van der Waals surface area (Å²) in [5.41, 5.74) is 0.174. The van der Waals surface area contributed by atoms with Gasteiger partial charge in [-0.15, -0.1) is 0 Å². The summed E-state index contributed by atoms with van der Waals surface area (Å²) in [7, 11) is 1.51. The van der Waals surface area contributed by atoms with Crippen LogP contribution < -0.4 is 15.4 Å². The Kier molecular flexibility index (Phi) is 6.20. The van der Waals surface area contributed by atoms with E-state index in [0.29, 0.717) is 11.3 Å². The van der Waals surface area contributed by atoms with Gasteiger partial charge in [-0.25, -0.2) is 0 Å². The lowest BCUT2D eigenvalue weighted by Gasteiger charge is -2.20. The predicted molar refractivity (Wildman–Crippen MR) is 85.5 cm³/mol. The third-order valence-electron chi connectivity index (χ3n) is 2.56. The number of hydrogen-bond acceptors (Lipinski definition) is 3. The Morgan fingerprint density at radius 1 is 1.29 bits per heavy atom. The Bertz CT molecular complexity index is 524. The fraction of sp³-hybridized carbons (Fsp3) is 0.467. The minimum Gasteiger partial charge on any atom is -0.496 e. The molecule has 0 unspecified atom stereocenters. The van der Waals surface area contributed by atoms with Gasteiger partial charge in [-0.2, -0.15) is 0 Å². The zero-order valence-corrected chi connectivity index (χ0v) is 14.3. The first kappa shape index (κ1) is 17.5. The Labute approximate surface area is 133 Å². The summed E-state index contributed by atoms with van der Waals surface area (Å²) < 4.78 is 6.00. The van der Waals surface area contributed by atoms with Crippen LogP contribution in [0, 0.1) is 0 Å². The topological polar surface area (TPSA) is 67.4 Å². The monoisotopic (exact) mass is 356 g/mol. The van der Waals surface area contributed by atoms with Crippen molar-refractivity contribution in [3.8, 4) is 5.75 Å². The number of amides is 2. The van der Waals surface area contributed by atoms with Crippen LogP contribution in [0.15, 0.2) is 22.7 Å². The van der Waals surface area contributed by atoms with Gasteiger partial charge in [-0.1, -0.05) is 15.9 Å². The van der Waals surface area contributed by atoms with Crippen molar-refractivity contribution >= 4 is 27.7 Å². The van der Waals surface area contributed by atoms with Gasteiger partial charge in [-0.3, -0.25) is 9.59 Å². The molecular weight excluding hydrogens is 336 g/mol. The largest absolute Gasteiger partial charge is 0.496 e. The average molecular weight is 357 g/mol. The molecule has 0 bridgehead atoms. The summed E-state index contributed by atoms with van der Waals surface area (Å²) in [5, 5.41) is 5.56. The highest BCUT2D eigenvalue weighted by molar-refractivity contribution is 9.10. The number of rotatable bonds is 5. The van der Waals surface area contributed by atoms with Crippen molar-refractivity contribution in [3.05, 3.63) is 28.2 Å². The molecule has 2 amide bonds. The first-order valence-corrected chi connectivity index (χ1v) is 7.45. The molecule has 0 spiro atoms. The van der Waals surface area contributed by atoms with Crippen LogP contribution in [0.1, 0.15) is 37.6 Å². The van der Waals surface area contributed by atoms with E-state index in [0.717, 1.165) is 4.47 Å². The van der Waals surface area contributed by atoms with Gasteiger partial charge < -0.3 is 15.4 Å². The van der Waals surface area contributed by atoms with Crippen LogP contribution in [0.2, 0.25) is 0 Å². The molecule has 1 rings (SSSR count). The van der Waals surface area contributed by atoms with E-state index in [1.807, 2.05) is 20.8 Å². The van der Waals surface area contributed by atoms with E-state index in [1.54, 1.807) is 18.2 Å².